The molecule has 0 aromatic rings. The summed E-state index contributed by atoms with van der Waals surface area (Å²) in [5.74, 6) is 2.18. The molecule has 1 fully saturated rings. The zero-order valence-corrected chi connectivity index (χ0v) is 14.9. The van der Waals surface area contributed by atoms with Crippen molar-refractivity contribution in [2.24, 2.45) is 16.8 Å². The number of guanidine groups is 1. The van der Waals surface area contributed by atoms with Crippen molar-refractivity contribution in [3.05, 3.63) is 0 Å². The summed E-state index contributed by atoms with van der Waals surface area (Å²) in [5, 5.41) is 6.74. The Morgan fingerprint density at radius 2 is 2.00 bits per heavy atom. The summed E-state index contributed by atoms with van der Waals surface area (Å²) < 4.78 is 11.1. The molecule has 1 rings (SSSR count). The van der Waals surface area contributed by atoms with Crippen LogP contribution in [0.5, 0.6) is 0 Å². The van der Waals surface area contributed by atoms with Crippen molar-refractivity contribution < 1.29 is 9.47 Å². The predicted molar refractivity (Wildman–Crippen MR) is 92.4 cm³/mol. The molecule has 1 unspecified atom stereocenters. The average molecular weight is 313 g/mol. The zero-order valence-electron chi connectivity index (χ0n) is 14.9. The molecule has 1 aliphatic heterocycles. The monoisotopic (exact) mass is 313 g/mol. The Morgan fingerprint density at radius 1 is 1.27 bits per heavy atom. The Labute approximate surface area is 136 Å². The predicted octanol–water partition coefficient (Wildman–Crippen LogP) is 2.42. The van der Waals surface area contributed by atoms with Gasteiger partial charge < -0.3 is 20.1 Å². The van der Waals surface area contributed by atoms with Crippen LogP contribution in [0.25, 0.3) is 0 Å². The van der Waals surface area contributed by atoms with Crippen LogP contribution in [-0.4, -0.2) is 51.5 Å². The first kappa shape index (κ1) is 19.2. The average Bonchev–Trinajstić information content (AvgIpc) is 2.51. The summed E-state index contributed by atoms with van der Waals surface area (Å²) in [7, 11) is 0. The third-order valence-corrected chi connectivity index (χ3v) is 4.12. The van der Waals surface area contributed by atoms with Crippen molar-refractivity contribution in [1.82, 2.24) is 10.6 Å². The molecule has 1 atom stereocenters. The van der Waals surface area contributed by atoms with Gasteiger partial charge in [0.25, 0.3) is 0 Å². The molecule has 5 nitrogen and oxygen atoms in total. The van der Waals surface area contributed by atoms with Gasteiger partial charge in [-0.15, -0.1) is 0 Å². The van der Waals surface area contributed by atoms with Crippen LogP contribution in [0.15, 0.2) is 4.99 Å². The van der Waals surface area contributed by atoms with Crippen molar-refractivity contribution in [3.8, 4) is 0 Å². The fourth-order valence-corrected chi connectivity index (χ4v) is 2.22. The van der Waals surface area contributed by atoms with Gasteiger partial charge in [0, 0.05) is 45.6 Å². The van der Waals surface area contributed by atoms with Crippen LogP contribution in [0.4, 0.5) is 0 Å². The summed E-state index contributed by atoms with van der Waals surface area (Å²) in [4.78, 5) is 4.61. The summed E-state index contributed by atoms with van der Waals surface area (Å²) in [6.07, 6.45) is 3.25. The minimum Gasteiger partial charge on any atom is -0.381 e. The second kappa shape index (κ2) is 11.7. The first-order valence-electron chi connectivity index (χ1n) is 8.83. The Hall–Kier alpha value is -0.810. The normalized spacial score (nSPS) is 18.5. The SMILES string of the molecule is CCNC(=NCCCOCC1CCOCC1)NC(C)C(C)C. The van der Waals surface area contributed by atoms with Gasteiger partial charge in [0.2, 0.25) is 0 Å². The van der Waals surface area contributed by atoms with E-state index in [4.69, 9.17) is 9.47 Å². The van der Waals surface area contributed by atoms with Crippen molar-refractivity contribution in [2.75, 3.05) is 39.5 Å². The molecule has 0 amide bonds. The van der Waals surface area contributed by atoms with Crippen LogP contribution in [-0.2, 0) is 9.47 Å². The van der Waals surface area contributed by atoms with E-state index in [1.54, 1.807) is 0 Å². The Balaban J connectivity index is 2.14. The molecule has 0 aliphatic carbocycles. The van der Waals surface area contributed by atoms with E-state index in [1.807, 2.05) is 0 Å². The van der Waals surface area contributed by atoms with Gasteiger partial charge in [-0.05, 0) is 44.9 Å². The van der Waals surface area contributed by atoms with Crippen LogP contribution in [0, 0.1) is 11.8 Å². The van der Waals surface area contributed by atoms with E-state index in [0.29, 0.717) is 17.9 Å². The van der Waals surface area contributed by atoms with E-state index < -0.39 is 0 Å². The number of hydrogen-bond donors (Lipinski definition) is 2. The molecule has 1 aliphatic rings. The minimum atomic E-state index is 0.419. The van der Waals surface area contributed by atoms with Crippen LogP contribution in [0.2, 0.25) is 0 Å². The van der Waals surface area contributed by atoms with Gasteiger partial charge in [-0.2, -0.15) is 0 Å². The molecule has 5 heteroatoms. The highest BCUT2D eigenvalue weighted by Crippen LogP contribution is 2.14. The van der Waals surface area contributed by atoms with Crippen LogP contribution in [0.1, 0.15) is 47.0 Å². The molecule has 1 saturated heterocycles. The van der Waals surface area contributed by atoms with Gasteiger partial charge in [0.1, 0.15) is 0 Å². The summed E-state index contributed by atoms with van der Waals surface area (Å²) >= 11 is 0. The van der Waals surface area contributed by atoms with E-state index >= 15 is 0 Å². The van der Waals surface area contributed by atoms with Crippen molar-refractivity contribution in [1.29, 1.82) is 0 Å². The third kappa shape index (κ3) is 8.59. The van der Waals surface area contributed by atoms with E-state index in [2.05, 4.69) is 43.3 Å². The lowest BCUT2D eigenvalue weighted by molar-refractivity contribution is 0.0205. The Bertz CT molecular complexity index is 302. The Kier molecular flexibility index (Phi) is 10.2. The number of hydrogen-bond acceptors (Lipinski definition) is 3. The number of nitrogens with zero attached hydrogens (tertiary/aromatic N) is 1. The number of aliphatic imine (C=N–C) groups is 1. The standard InChI is InChI=1S/C17H35N3O2/c1-5-18-17(20-15(4)14(2)3)19-9-6-10-22-13-16-7-11-21-12-8-16/h14-16H,5-13H2,1-4H3,(H2,18,19,20). The van der Waals surface area contributed by atoms with Crippen LogP contribution >= 0.6 is 0 Å². The first-order valence-corrected chi connectivity index (χ1v) is 8.83. The fourth-order valence-electron chi connectivity index (χ4n) is 2.22. The molecule has 22 heavy (non-hydrogen) atoms. The van der Waals surface area contributed by atoms with Crippen molar-refractivity contribution in [2.45, 2.75) is 53.0 Å². The minimum absolute atomic E-state index is 0.419. The Morgan fingerprint density at radius 3 is 2.64 bits per heavy atom. The molecule has 0 spiro atoms. The highest BCUT2D eigenvalue weighted by Gasteiger charge is 2.13. The summed E-state index contributed by atoms with van der Waals surface area (Å²) in [6.45, 7) is 13.8. The van der Waals surface area contributed by atoms with Crippen molar-refractivity contribution >= 4 is 5.96 Å². The topological polar surface area (TPSA) is 54.9 Å². The van der Waals surface area contributed by atoms with Gasteiger partial charge in [0.15, 0.2) is 5.96 Å². The first-order chi connectivity index (χ1) is 10.6. The van der Waals surface area contributed by atoms with Gasteiger partial charge in [-0.25, -0.2) is 0 Å². The van der Waals surface area contributed by atoms with Crippen LogP contribution < -0.4 is 10.6 Å². The number of rotatable bonds is 9. The maximum atomic E-state index is 5.77. The molecule has 1 heterocycles. The van der Waals surface area contributed by atoms with Crippen molar-refractivity contribution in [3.63, 3.8) is 0 Å². The zero-order chi connectivity index (χ0) is 16.2. The summed E-state index contributed by atoms with van der Waals surface area (Å²) in [6, 6.07) is 0.419. The van der Waals surface area contributed by atoms with E-state index in [1.165, 1.54) is 0 Å². The van der Waals surface area contributed by atoms with E-state index in [9.17, 15) is 0 Å². The molecule has 0 saturated carbocycles. The maximum absolute atomic E-state index is 5.77. The second-order valence-electron chi connectivity index (χ2n) is 6.42. The second-order valence-corrected chi connectivity index (χ2v) is 6.42. The lowest BCUT2D eigenvalue weighted by atomic mass is 10.0. The highest BCUT2D eigenvalue weighted by molar-refractivity contribution is 5.80. The highest BCUT2D eigenvalue weighted by atomic mass is 16.5. The molecule has 0 aromatic carbocycles. The maximum Gasteiger partial charge on any atom is 0.191 e. The van der Waals surface area contributed by atoms with E-state index in [0.717, 1.165) is 64.7 Å². The van der Waals surface area contributed by atoms with Crippen LogP contribution in [0.3, 0.4) is 0 Å². The molecule has 0 radical (unpaired) electrons. The molecule has 2 N–H and O–H groups in total. The summed E-state index contributed by atoms with van der Waals surface area (Å²) in [5.41, 5.74) is 0. The molecule has 130 valence electrons. The van der Waals surface area contributed by atoms with Gasteiger partial charge in [0.05, 0.1) is 0 Å². The lowest BCUT2D eigenvalue weighted by Gasteiger charge is -2.21. The molecular weight excluding hydrogens is 278 g/mol. The number of ether oxygens (including phenoxy) is 2. The van der Waals surface area contributed by atoms with Gasteiger partial charge in [-0.3, -0.25) is 4.99 Å². The van der Waals surface area contributed by atoms with E-state index in [-0.39, 0.29) is 0 Å². The third-order valence-electron chi connectivity index (χ3n) is 4.12. The molecule has 0 aromatic heterocycles. The quantitative estimate of drug-likeness (QED) is 0.390. The smallest absolute Gasteiger partial charge is 0.191 e. The molecule has 0 bridgehead atoms. The number of nitrogens with one attached hydrogen (secondary N) is 2. The molecular formula is C17H35N3O2. The largest absolute Gasteiger partial charge is 0.381 e. The lowest BCUT2D eigenvalue weighted by Crippen LogP contribution is -2.44. The fraction of sp³-hybridized carbons (Fsp3) is 0.941. The van der Waals surface area contributed by atoms with Gasteiger partial charge in [-0.1, -0.05) is 13.8 Å². The van der Waals surface area contributed by atoms with Gasteiger partial charge >= 0.3 is 0 Å².